The van der Waals surface area contributed by atoms with Crippen molar-refractivity contribution in [3.05, 3.63) is 29.6 Å². The summed E-state index contributed by atoms with van der Waals surface area (Å²) in [5.41, 5.74) is 0.467. The quantitative estimate of drug-likeness (QED) is 0.852. The summed E-state index contributed by atoms with van der Waals surface area (Å²) in [5, 5.41) is 5.47. The van der Waals surface area contributed by atoms with E-state index in [1.165, 1.54) is 12.1 Å². The number of hydrogen-bond acceptors (Lipinski definition) is 2. The predicted octanol–water partition coefficient (Wildman–Crippen LogP) is 1.41. The maximum atomic E-state index is 13.2. The Morgan fingerprint density at radius 2 is 2.07 bits per heavy atom. The molecule has 0 saturated heterocycles. The van der Waals surface area contributed by atoms with Crippen molar-refractivity contribution < 1.29 is 12.8 Å². The Kier molecular flexibility index (Phi) is 3.63. The van der Waals surface area contributed by atoms with E-state index in [-0.39, 0.29) is 4.90 Å². The molecule has 1 aromatic carbocycles. The van der Waals surface area contributed by atoms with Crippen LogP contribution in [0.2, 0.25) is 0 Å². The van der Waals surface area contributed by atoms with Crippen LogP contribution in [0.1, 0.15) is 5.56 Å². The van der Waals surface area contributed by atoms with E-state index in [0.29, 0.717) is 17.3 Å². The van der Waals surface area contributed by atoms with Crippen LogP contribution in [0.25, 0.3) is 0 Å². The first-order chi connectivity index (χ1) is 6.45. The van der Waals surface area contributed by atoms with E-state index in [4.69, 9.17) is 5.14 Å². The molecule has 0 saturated carbocycles. The van der Waals surface area contributed by atoms with Gasteiger partial charge in [-0.2, -0.15) is 0 Å². The lowest BCUT2D eigenvalue weighted by atomic mass is 10.2. The van der Waals surface area contributed by atoms with Crippen molar-refractivity contribution in [2.45, 2.75) is 11.3 Å². The minimum Gasteiger partial charge on any atom is -0.225 e. The zero-order chi connectivity index (χ0) is 10.8. The standard InChI is InChI=1S/C8H9BrFNO2S/c9-4-3-6-1-2-7(5-8(6)10)14(11,12)13/h1-2,5H,3-4H2,(H2,11,12,13). The molecule has 0 amide bonds. The number of rotatable bonds is 3. The lowest BCUT2D eigenvalue weighted by Gasteiger charge is -2.02. The van der Waals surface area contributed by atoms with Gasteiger partial charge in [-0.05, 0) is 24.1 Å². The molecule has 0 spiro atoms. The summed E-state index contributed by atoms with van der Waals surface area (Å²) in [6.07, 6.45) is 0.511. The summed E-state index contributed by atoms with van der Waals surface area (Å²) in [4.78, 5) is -0.201. The molecular formula is C8H9BrFNO2S. The number of aryl methyl sites for hydroxylation is 1. The second-order valence-corrected chi connectivity index (χ2v) is 5.09. The third kappa shape index (κ3) is 2.76. The van der Waals surface area contributed by atoms with Crippen LogP contribution in [0.5, 0.6) is 0 Å². The topological polar surface area (TPSA) is 60.2 Å². The van der Waals surface area contributed by atoms with E-state index in [9.17, 15) is 12.8 Å². The fraction of sp³-hybridized carbons (Fsp3) is 0.250. The Bertz CT molecular complexity index is 433. The summed E-state index contributed by atoms with van der Waals surface area (Å²) in [7, 11) is -3.81. The molecule has 0 aliphatic carbocycles. The first-order valence-corrected chi connectivity index (χ1v) is 6.49. The second kappa shape index (κ2) is 4.37. The maximum Gasteiger partial charge on any atom is 0.238 e. The lowest BCUT2D eigenvalue weighted by molar-refractivity contribution is 0.589. The number of benzene rings is 1. The molecule has 0 aliphatic rings. The van der Waals surface area contributed by atoms with Gasteiger partial charge in [0.1, 0.15) is 5.82 Å². The summed E-state index contributed by atoms with van der Waals surface area (Å²) in [5.74, 6) is -0.545. The van der Waals surface area contributed by atoms with Crippen molar-refractivity contribution in [3.63, 3.8) is 0 Å². The molecule has 2 N–H and O–H groups in total. The highest BCUT2D eigenvalue weighted by Gasteiger charge is 2.10. The number of alkyl halides is 1. The molecule has 0 aliphatic heterocycles. The summed E-state index contributed by atoms with van der Waals surface area (Å²) in [6.45, 7) is 0. The van der Waals surface area contributed by atoms with E-state index in [2.05, 4.69) is 15.9 Å². The van der Waals surface area contributed by atoms with Crippen molar-refractivity contribution in [2.24, 2.45) is 5.14 Å². The van der Waals surface area contributed by atoms with Crippen molar-refractivity contribution >= 4 is 26.0 Å². The number of hydrogen-bond donors (Lipinski definition) is 1. The second-order valence-electron chi connectivity index (χ2n) is 2.74. The molecule has 14 heavy (non-hydrogen) atoms. The molecule has 3 nitrogen and oxygen atoms in total. The molecule has 0 radical (unpaired) electrons. The average molecular weight is 282 g/mol. The van der Waals surface area contributed by atoms with Gasteiger partial charge < -0.3 is 0 Å². The zero-order valence-electron chi connectivity index (χ0n) is 7.20. The third-order valence-electron chi connectivity index (χ3n) is 1.72. The predicted molar refractivity (Wildman–Crippen MR) is 55.3 cm³/mol. The van der Waals surface area contributed by atoms with Gasteiger partial charge >= 0.3 is 0 Å². The van der Waals surface area contributed by atoms with Gasteiger partial charge in [0.25, 0.3) is 0 Å². The molecular weight excluding hydrogens is 273 g/mol. The molecule has 0 atom stereocenters. The smallest absolute Gasteiger partial charge is 0.225 e. The fourth-order valence-corrected chi connectivity index (χ4v) is 1.96. The molecule has 1 aromatic rings. The molecule has 1 rings (SSSR count). The van der Waals surface area contributed by atoms with Crippen LogP contribution in [0, 0.1) is 5.82 Å². The Balaban J connectivity index is 3.13. The van der Waals surface area contributed by atoms with Crippen LogP contribution in [0.3, 0.4) is 0 Å². The molecule has 78 valence electrons. The van der Waals surface area contributed by atoms with Gasteiger partial charge in [0.05, 0.1) is 4.90 Å². The molecule has 6 heteroatoms. The Labute approximate surface area is 90.3 Å². The van der Waals surface area contributed by atoms with Crippen LogP contribution in [0.15, 0.2) is 23.1 Å². The molecule has 0 aromatic heterocycles. The van der Waals surface area contributed by atoms with E-state index < -0.39 is 15.8 Å². The molecule has 0 bridgehead atoms. The number of nitrogens with two attached hydrogens (primary N) is 1. The van der Waals surface area contributed by atoms with Crippen LogP contribution in [-0.4, -0.2) is 13.7 Å². The van der Waals surface area contributed by atoms with Gasteiger partial charge in [-0.25, -0.2) is 17.9 Å². The lowest BCUT2D eigenvalue weighted by Crippen LogP contribution is -2.12. The van der Waals surface area contributed by atoms with E-state index in [1.54, 1.807) is 0 Å². The maximum absolute atomic E-state index is 13.2. The monoisotopic (exact) mass is 281 g/mol. The van der Waals surface area contributed by atoms with Gasteiger partial charge in [0.15, 0.2) is 0 Å². The Morgan fingerprint density at radius 3 is 2.50 bits per heavy atom. The highest BCUT2D eigenvalue weighted by molar-refractivity contribution is 9.09. The summed E-state index contributed by atoms with van der Waals surface area (Å²) < 4.78 is 34.9. The van der Waals surface area contributed by atoms with Crippen LogP contribution >= 0.6 is 15.9 Å². The van der Waals surface area contributed by atoms with Crippen LogP contribution in [0.4, 0.5) is 4.39 Å². The molecule has 0 heterocycles. The van der Waals surface area contributed by atoms with Gasteiger partial charge in [0, 0.05) is 5.33 Å². The summed E-state index contributed by atoms with van der Waals surface area (Å²) in [6, 6.07) is 3.67. The zero-order valence-corrected chi connectivity index (χ0v) is 9.61. The first-order valence-electron chi connectivity index (χ1n) is 3.82. The number of sulfonamides is 1. The van der Waals surface area contributed by atoms with Gasteiger partial charge in [0.2, 0.25) is 10.0 Å². The largest absolute Gasteiger partial charge is 0.238 e. The van der Waals surface area contributed by atoms with E-state index in [1.807, 2.05) is 0 Å². The molecule has 0 unspecified atom stereocenters. The number of halogens is 2. The average Bonchev–Trinajstić information content (AvgIpc) is 2.07. The Hall–Kier alpha value is -0.460. The van der Waals surface area contributed by atoms with Crippen molar-refractivity contribution in [1.29, 1.82) is 0 Å². The van der Waals surface area contributed by atoms with E-state index >= 15 is 0 Å². The van der Waals surface area contributed by atoms with Crippen LogP contribution < -0.4 is 5.14 Å². The first kappa shape index (κ1) is 11.6. The highest BCUT2D eigenvalue weighted by atomic mass is 79.9. The van der Waals surface area contributed by atoms with E-state index in [0.717, 1.165) is 6.07 Å². The van der Waals surface area contributed by atoms with Crippen molar-refractivity contribution in [2.75, 3.05) is 5.33 Å². The fourth-order valence-electron chi connectivity index (χ4n) is 1.01. The normalized spacial score (nSPS) is 11.6. The van der Waals surface area contributed by atoms with Crippen LogP contribution in [-0.2, 0) is 16.4 Å². The third-order valence-corrected chi connectivity index (χ3v) is 3.02. The minimum atomic E-state index is -3.81. The van der Waals surface area contributed by atoms with Crippen molar-refractivity contribution in [1.82, 2.24) is 0 Å². The molecule has 0 fully saturated rings. The van der Waals surface area contributed by atoms with Gasteiger partial charge in [-0.3, -0.25) is 0 Å². The minimum absolute atomic E-state index is 0.201. The van der Waals surface area contributed by atoms with Gasteiger partial charge in [-0.1, -0.05) is 22.0 Å². The summed E-state index contributed by atoms with van der Waals surface area (Å²) >= 11 is 3.17. The highest BCUT2D eigenvalue weighted by Crippen LogP contribution is 2.14. The number of primary sulfonamides is 1. The Morgan fingerprint density at radius 1 is 1.43 bits per heavy atom. The van der Waals surface area contributed by atoms with Crippen molar-refractivity contribution in [3.8, 4) is 0 Å². The SMILES string of the molecule is NS(=O)(=O)c1ccc(CCBr)c(F)c1. The van der Waals surface area contributed by atoms with Gasteiger partial charge in [-0.15, -0.1) is 0 Å².